The van der Waals surface area contributed by atoms with Gasteiger partial charge in [0.1, 0.15) is 17.0 Å². The highest BCUT2D eigenvalue weighted by Gasteiger charge is 2.39. The van der Waals surface area contributed by atoms with Gasteiger partial charge in [-0.1, -0.05) is 6.07 Å². The molecule has 1 saturated heterocycles. The van der Waals surface area contributed by atoms with Crippen LogP contribution in [0.5, 0.6) is 0 Å². The molecule has 182 valence electrons. The minimum Gasteiger partial charge on any atom is -0.331 e. The quantitative estimate of drug-likeness (QED) is 0.524. The van der Waals surface area contributed by atoms with Gasteiger partial charge in [0.05, 0.1) is 19.6 Å². The van der Waals surface area contributed by atoms with Crippen molar-refractivity contribution in [3.8, 4) is 0 Å². The van der Waals surface area contributed by atoms with Gasteiger partial charge in [-0.3, -0.25) is 9.78 Å². The summed E-state index contributed by atoms with van der Waals surface area (Å²) in [5.41, 5.74) is -5.33. The number of carbonyl (C=O) groups is 1. The van der Waals surface area contributed by atoms with Crippen molar-refractivity contribution in [3.05, 3.63) is 63.5 Å². The lowest BCUT2D eigenvalue weighted by Gasteiger charge is -2.16. The fourth-order valence-corrected chi connectivity index (χ4v) is 3.51. The third kappa shape index (κ3) is 4.21. The first kappa shape index (κ1) is 23.6. The largest absolute Gasteiger partial charge is 0.433 e. The summed E-state index contributed by atoms with van der Waals surface area (Å²) in [5.74, 6) is -1.08. The van der Waals surface area contributed by atoms with Crippen molar-refractivity contribution in [2.75, 3.05) is 13.1 Å². The summed E-state index contributed by atoms with van der Waals surface area (Å²) < 4.78 is 106. The summed E-state index contributed by atoms with van der Waals surface area (Å²) in [6.07, 6.45) is -12.9. The van der Waals surface area contributed by atoms with E-state index in [1.165, 1.54) is 0 Å². The Morgan fingerprint density at radius 1 is 0.971 bits per heavy atom. The molecule has 0 spiro atoms. The molecule has 3 aromatic heterocycles. The lowest BCUT2D eigenvalue weighted by atomic mass is 10.2. The number of carbonyl (C=O) groups excluding carboxylic acids is 1. The van der Waals surface area contributed by atoms with E-state index in [0.717, 1.165) is 17.2 Å². The summed E-state index contributed by atoms with van der Waals surface area (Å²) in [6.45, 7) is -1.86. The smallest absolute Gasteiger partial charge is 0.331 e. The predicted molar refractivity (Wildman–Crippen MR) is 98.5 cm³/mol. The van der Waals surface area contributed by atoms with Crippen molar-refractivity contribution in [1.82, 2.24) is 24.1 Å². The highest BCUT2D eigenvalue weighted by molar-refractivity contribution is 5.93. The summed E-state index contributed by atoms with van der Waals surface area (Å²) in [7, 11) is 0. The van der Waals surface area contributed by atoms with Gasteiger partial charge in [-0.2, -0.15) is 26.3 Å². The zero-order chi connectivity index (χ0) is 25.0. The first-order valence-corrected chi connectivity index (χ1v) is 9.56. The van der Waals surface area contributed by atoms with Crippen molar-refractivity contribution in [2.24, 2.45) is 0 Å². The van der Waals surface area contributed by atoms with Crippen LogP contribution in [0.4, 0.5) is 35.1 Å². The number of likely N-dealkylation sites (tertiary alicyclic amines) is 1. The predicted octanol–water partition coefficient (Wildman–Crippen LogP) is 3.11. The minimum absolute atomic E-state index is 0.0139. The fourth-order valence-electron chi connectivity index (χ4n) is 3.51. The van der Waals surface area contributed by atoms with E-state index in [1.54, 1.807) is 0 Å². The normalized spacial score (nSPS) is 19.2. The van der Waals surface area contributed by atoms with Gasteiger partial charge in [0.15, 0.2) is 18.0 Å². The second-order valence-electron chi connectivity index (χ2n) is 7.52. The van der Waals surface area contributed by atoms with Crippen LogP contribution in [0.25, 0.3) is 5.65 Å². The van der Waals surface area contributed by atoms with Crippen LogP contribution in [0.1, 0.15) is 27.3 Å². The lowest BCUT2D eigenvalue weighted by Crippen LogP contribution is -2.33. The molecule has 15 heteroatoms. The van der Waals surface area contributed by atoms with E-state index in [9.17, 15) is 44.7 Å². The van der Waals surface area contributed by atoms with Crippen LogP contribution in [-0.2, 0) is 18.9 Å². The molecule has 1 aliphatic rings. The number of alkyl halides is 8. The number of aromatic nitrogens is 4. The molecular weight excluding hydrogens is 482 g/mol. The summed E-state index contributed by atoms with van der Waals surface area (Å²) in [6, 6.07) is 2.80. The van der Waals surface area contributed by atoms with E-state index >= 15 is 0 Å². The van der Waals surface area contributed by atoms with Crippen molar-refractivity contribution in [2.45, 2.75) is 31.2 Å². The average Bonchev–Trinajstić information content (AvgIpc) is 3.25. The van der Waals surface area contributed by atoms with Crippen molar-refractivity contribution < 1.29 is 39.9 Å². The van der Waals surface area contributed by atoms with Crippen molar-refractivity contribution >= 4 is 11.6 Å². The summed E-state index contributed by atoms with van der Waals surface area (Å²) in [5, 5.41) is 3.62. The molecule has 0 saturated carbocycles. The highest BCUT2D eigenvalue weighted by Crippen LogP contribution is 2.32. The fraction of sp³-hybridized carbons (Fsp3) is 0.368. The molecule has 0 aromatic carbocycles. The zero-order valence-electron chi connectivity index (χ0n) is 16.7. The minimum atomic E-state index is -4.98. The van der Waals surface area contributed by atoms with E-state index in [1.807, 2.05) is 0 Å². The Balaban J connectivity index is 1.79. The number of hydrogen-bond donors (Lipinski definition) is 0. The van der Waals surface area contributed by atoms with E-state index < -0.39 is 78.5 Å². The maximum Gasteiger partial charge on any atom is 0.433 e. The molecule has 0 aliphatic carbocycles. The number of halogens is 8. The molecule has 7 nitrogen and oxygen atoms in total. The molecular formula is C19H13F8N5O2. The van der Waals surface area contributed by atoms with Crippen LogP contribution < -0.4 is 5.69 Å². The van der Waals surface area contributed by atoms with Gasteiger partial charge < -0.3 is 4.90 Å². The van der Waals surface area contributed by atoms with Gasteiger partial charge in [-0.15, -0.1) is 5.10 Å². The highest BCUT2D eigenvalue weighted by atomic mass is 19.4. The van der Waals surface area contributed by atoms with Gasteiger partial charge in [0.25, 0.3) is 5.91 Å². The Kier molecular flexibility index (Phi) is 5.60. The van der Waals surface area contributed by atoms with Crippen LogP contribution in [0.15, 0.2) is 35.3 Å². The molecule has 0 radical (unpaired) electrons. The number of pyridine rings is 2. The molecule has 4 rings (SSSR count). The maximum atomic E-state index is 13.5. The van der Waals surface area contributed by atoms with Gasteiger partial charge >= 0.3 is 18.0 Å². The number of rotatable bonds is 3. The monoisotopic (exact) mass is 495 g/mol. The molecule has 2 unspecified atom stereocenters. The molecule has 4 heterocycles. The van der Waals surface area contributed by atoms with Gasteiger partial charge in [-0.25, -0.2) is 22.7 Å². The molecule has 0 bridgehead atoms. The third-order valence-electron chi connectivity index (χ3n) is 5.17. The van der Waals surface area contributed by atoms with Crippen LogP contribution >= 0.6 is 0 Å². The number of fused-ring (bicyclic) bond motifs is 1. The second kappa shape index (κ2) is 8.06. The number of nitrogens with zero attached hydrogens (tertiary/aromatic N) is 5. The van der Waals surface area contributed by atoms with Crippen LogP contribution in [0.2, 0.25) is 0 Å². The van der Waals surface area contributed by atoms with Gasteiger partial charge in [0.2, 0.25) is 0 Å². The van der Waals surface area contributed by atoms with Crippen LogP contribution in [-0.4, -0.2) is 55.4 Å². The lowest BCUT2D eigenvalue weighted by molar-refractivity contribution is -0.141. The number of hydrogen-bond acceptors (Lipinski definition) is 4. The number of amides is 1. The van der Waals surface area contributed by atoms with E-state index in [-0.39, 0.29) is 5.56 Å². The molecule has 1 fully saturated rings. The Labute approximate surface area is 184 Å². The first-order chi connectivity index (χ1) is 15.8. The summed E-state index contributed by atoms with van der Waals surface area (Å²) in [4.78, 5) is 29.6. The molecule has 34 heavy (non-hydrogen) atoms. The Morgan fingerprint density at radius 2 is 1.62 bits per heavy atom. The van der Waals surface area contributed by atoms with E-state index in [2.05, 4.69) is 10.1 Å². The SMILES string of the molecule is O=C(c1ccc(C(F)(F)F)c2nn(Cc3ccc(C(F)(F)F)nc3)c(=O)n12)N1CC(F)C(F)C1. The first-order valence-electron chi connectivity index (χ1n) is 9.56. The molecule has 0 N–H and O–H groups in total. The van der Waals surface area contributed by atoms with Crippen molar-refractivity contribution in [3.63, 3.8) is 0 Å². The Morgan fingerprint density at radius 3 is 2.15 bits per heavy atom. The van der Waals surface area contributed by atoms with E-state index in [4.69, 9.17) is 0 Å². The van der Waals surface area contributed by atoms with Crippen LogP contribution in [0.3, 0.4) is 0 Å². The Bertz CT molecular complexity index is 1290. The van der Waals surface area contributed by atoms with Gasteiger partial charge in [0, 0.05) is 6.20 Å². The van der Waals surface area contributed by atoms with E-state index in [0.29, 0.717) is 27.3 Å². The summed E-state index contributed by atoms with van der Waals surface area (Å²) >= 11 is 0. The third-order valence-corrected chi connectivity index (χ3v) is 5.17. The second-order valence-corrected chi connectivity index (χ2v) is 7.52. The topological polar surface area (TPSA) is 72.5 Å². The Hall–Kier alpha value is -3.52. The average molecular weight is 495 g/mol. The van der Waals surface area contributed by atoms with Crippen LogP contribution in [0, 0.1) is 0 Å². The molecule has 3 aromatic rings. The molecule has 2 atom stereocenters. The maximum absolute atomic E-state index is 13.5. The molecule has 1 amide bonds. The molecule has 1 aliphatic heterocycles. The van der Waals surface area contributed by atoms with Crippen molar-refractivity contribution in [1.29, 1.82) is 0 Å². The standard InChI is InChI=1S/C19H13F8N5O2/c20-11-7-30(8-12(11)21)16(33)13-3-2-10(18(22,23)24)15-29-31(17(34)32(13)15)6-9-1-4-14(28-5-9)19(25,26)27/h1-5,11-12H,6-8H2. The van der Waals surface area contributed by atoms with Gasteiger partial charge in [-0.05, 0) is 23.8 Å². The zero-order valence-corrected chi connectivity index (χ0v) is 16.7.